The van der Waals surface area contributed by atoms with Gasteiger partial charge in [0.2, 0.25) is 0 Å². The standard InChI is InChI=1S/C12H14BrNO2/c1-16-11(15)8-14-12(6-7-12)9-4-2-3-5-10(9)13/h2-5,14H,6-8H2,1H3. The molecule has 0 amide bonds. The minimum atomic E-state index is -0.224. The maximum atomic E-state index is 11.1. The third-order valence-electron chi connectivity index (χ3n) is 2.94. The quantitative estimate of drug-likeness (QED) is 0.861. The Morgan fingerprint density at radius 3 is 2.75 bits per heavy atom. The van der Waals surface area contributed by atoms with Gasteiger partial charge in [-0.15, -0.1) is 0 Å². The van der Waals surface area contributed by atoms with Crippen LogP contribution in [0.5, 0.6) is 0 Å². The van der Waals surface area contributed by atoms with Crippen LogP contribution >= 0.6 is 15.9 Å². The monoisotopic (exact) mass is 283 g/mol. The number of rotatable bonds is 4. The van der Waals surface area contributed by atoms with Gasteiger partial charge in [-0.1, -0.05) is 34.1 Å². The Morgan fingerprint density at radius 1 is 1.50 bits per heavy atom. The summed E-state index contributed by atoms with van der Waals surface area (Å²) >= 11 is 3.54. The van der Waals surface area contributed by atoms with Crippen LogP contribution in [-0.2, 0) is 15.1 Å². The van der Waals surface area contributed by atoms with Gasteiger partial charge in [0, 0.05) is 10.0 Å². The second kappa shape index (κ2) is 4.55. The van der Waals surface area contributed by atoms with Crippen molar-refractivity contribution in [2.75, 3.05) is 13.7 Å². The van der Waals surface area contributed by atoms with E-state index in [2.05, 4.69) is 32.0 Å². The van der Waals surface area contributed by atoms with E-state index in [1.807, 2.05) is 18.2 Å². The van der Waals surface area contributed by atoms with Gasteiger partial charge in [0.1, 0.15) is 0 Å². The van der Waals surface area contributed by atoms with Crippen molar-refractivity contribution in [2.24, 2.45) is 0 Å². The number of benzene rings is 1. The van der Waals surface area contributed by atoms with Gasteiger partial charge in [-0.05, 0) is 24.5 Å². The predicted molar refractivity (Wildman–Crippen MR) is 65.1 cm³/mol. The molecule has 86 valence electrons. The molecule has 0 aromatic heterocycles. The van der Waals surface area contributed by atoms with Crippen LogP contribution in [-0.4, -0.2) is 19.6 Å². The summed E-state index contributed by atoms with van der Waals surface area (Å²) in [4.78, 5) is 11.1. The smallest absolute Gasteiger partial charge is 0.319 e. The molecule has 3 nitrogen and oxygen atoms in total. The van der Waals surface area contributed by atoms with Gasteiger partial charge in [-0.3, -0.25) is 10.1 Å². The normalized spacial score (nSPS) is 16.9. The predicted octanol–water partition coefficient (Wildman–Crippen LogP) is 2.20. The molecule has 0 spiro atoms. The molecule has 0 saturated heterocycles. The maximum Gasteiger partial charge on any atom is 0.319 e. The van der Waals surface area contributed by atoms with Gasteiger partial charge in [-0.2, -0.15) is 0 Å². The molecule has 1 saturated carbocycles. The minimum absolute atomic E-state index is 0.0334. The van der Waals surface area contributed by atoms with Gasteiger partial charge in [0.25, 0.3) is 0 Å². The molecular formula is C12H14BrNO2. The molecule has 1 aromatic rings. The molecule has 16 heavy (non-hydrogen) atoms. The number of hydrogen-bond acceptors (Lipinski definition) is 3. The number of esters is 1. The van der Waals surface area contributed by atoms with E-state index in [0.717, 1.165) is 17.3 Å². The van der Waals surface area contributed by atoms with Gasteiger partial charge < -0.3 is 4.74 Å². The lowest BCUT2D eigenvalue weighted by molar-refractivity contribution is -0.139. The Bertz CT molecular complexity index is 402. The molecule has 4 heteroatoms. The topological polar surface area (TPSA) is 38.3 Å². The highest BCUT2D eigenvalue weighted by Crippen LogP contribution is 2.47. The molecule has 1 aliphatic rings. The van der Waals surface area contributed by atoms with Gasteiger partial charge in [-0.25, -0.2) is 0 Å². The molecule has 0 unspecified atom stereocenters. The average molecular weight is 284 g/mol. The molecular weight excluding hydrogens is 270 g/mol. The summed E-state index contributed by atoms with van der Waals surface area (Å²) in [6, 6.07) is 8.11. The molecule has 0 radical (unpaired) electrons. The fourth-order valence-electron chi connectivity index (χ4n) is 1.83. The second-order valence-corrected chi connectivity index (χ2v) is 4.85. The number of ether oxygens (including phenoxy) is 1. The van der Waals surface area contributed by atoms with Gasteiger partial charge >= 0.3 is 5.97 Å². The summed E-state index contributed by atoms with van der Waals surface area (Å²) < 4.78 is 5.71. The molecule has 1 N–H and O–H groups in total. The summed E-state index contributed by atoms with van der Waals surface area (Å²) in [5.41, 5.74) is 1.19. The maximum absolute atomic E-state index is 11.1. The SMILES string of the molecule is COC(=O)CNC1(c2ccccc2Br)CC1. The van der Waals surface area contributed by atoms with E-state index >= 15 is 0 Å². The second-order valence-electron chi connectivity index (χ2n) is 3.99. The summed E-state index contributed by atoms with van der Waals surface area (Å²) in [6.45, 7) is 0.262. The molecule has 1 fully saturated rings. The third kappa shape index (κ3) is 2.28. The highest BCUT2D eigenvalue weighted by atomic mass is 79.9. The fraction of sp³-hybridized carbons (Fsp3) is 0.417. The number of halogens is 1. The van der Waals surface area contributed by atoms with E-state index in [-0.39, 0.29) is 18.1 Å². The van der Waals surface area contributed by atoms with Crippen molar-refractivity contribution in [3.05, 3.63) is 34.3 Å². The summed E-state index contributed by atoms with van der Waals surface area (Å²) in [5.74, 6) is -0.224. The van der Waals surface area contributed by atoms with Gasteiger partial charge in [0.15, 0.2) is 0 Å². The minimum Gasteiger partial charge on any atom is -0.468 e. The molecule has 0 heterocycles. The Morgan fingerprint density at radius 2 is 2.19 bits per heavy atom. The Hall–Kier alpha value is -0.870. The summed E-state index contributed by atoms with van der Waals surface area (Å²) in [5, 5.41) is 3.27. The lowest BCUT2D eigenvalue weighted by Crippen LogP contribution is -2.34. The Labute approximate surface area is 103 Å². The van der Waals surface area contributed by atoms with Crippen LogP contribution in [0.4, 0.5) is 0 Å². The third-order valence-corrected chi connectivity index (χ3v) is 3.63. The number of carbonyl (C=O) groups is 1. The molecule has 0 bridgehead atoms. The van der Waals surface area contributed by atoms with Crippen molar-refractivity contribution in [1.29, 1.82) is 0 Å². The summed E-state index contributed by atoms with van der Waals surface area (Å²) in [6.07, 6.45) is 2.12. The first-order chi connectivity index (χ1) is 7.68. The largest absolute Gasteiger partial charge is 0.468 e. The number of carbonyl (C=O) groups excluding carboxylic acids is 1. The number of hydrogen-bond donors (Lipinski definition) is 1. The van der Waals surface area contributed by atoms with E-state index in [0.29, 0.717) is 0 Å². The van der Waals surface area contributed by atoms with Gasteiger partial charge in [0.05, 0.1) is 13.7 Å². The van der Waals surface area contributed by atoms with Crippen molar-refractivity contribution >= 4 is 21.9 Å². The van der Waals surface area contributed by atoms with Crippen LogP contribution < -0.4 is 5.32 Å². The zero-order valence-electron chi connectivity index (χ0n) is 9.13. The van der Waals surface area contributed by atoms with Crippen molar-refractivity contribution < 1.29 is 9.53 Å². The van der Waals surface area contributed by atoms with Crippen LogP contribution in [0.15, 0.2) is 28.7 Å². The highest BCUT2D eigenvalue weighted by molar-refractivity contribution is 9.10. The molecule has 0 atom stereocenters. The lowest BCUT2D eigenvalue weighted by atomic mass is 10.1. The first kappa shape index (κ1) is 11.6. The van der Waals surface area contributed by atoms with Crippen molar-refractivity contribution in [3.8, 4) is 0 Å². The van der Waals surface area contributed by atoms with Crippen LogP contribution in [0.1, 0.15) is 18.4 Å². The van der Waals surface area contributed by atoms with Crippen LogP contribution in [0, 0.1) is 0 Å². The Kier molecular flexibility index (Phi) is 3.30. The van der Waals surface area contributed by atoms with Crippen LogP contribution in [0.25, 0.3) is 0 Å². The first-order valence-corrected chi connectivity index (χ1v) is 6.04. The first-order valence-electron chi connectivity index (χ1n) is 5.25. The average Bonchev–Trinajstić information content (AvgIpc) is 3.07. The van der Waals surface area contributed by atoms with E-state index in [9.17, 15) is 4.79 Å². The van der Waals surface area contributed by atoms with Crippen LogP contribution in [0.2, 0.25) is 0 Å². The Balaban J connectivity index is 2.09. The molecule has 1 aliphatic carbocycles. The molecule has 1 aromatic carbocycles. The zero-order chi connectivity index (χ0) is 11.6. The van der Waals surface area contributed by atoms with Crippen molar-refractivity contribution in [2.45, 2.75) is 18.4 Å². The van der Waals surface area contributed by atoms with E-state index in [4.69, 9.17) is 0 Å². The fourth-order valence-corrected chi connectivity index (χ4v) is 2.49. The zero-order valence-corrected chi connectivity index (χ0v) is 10.7. The molecule has 0 aliphatic heterocycles. The van der Waals surface area contributed by atoms with Crippen LogP contribution in [0.3, 0.4) is 0 Å². The lowest BCUT2D eigenvalue weighted by Gasteiger charge is -2.18. The van der Waals surface area contributed by atoms with E-state index in [1.54, 1.807) is 0 Å². The highest BCUT2D eigenvalue weighted by Gasteiger charge is 2.45. The number of nitrogens with one attached hydrogen (secondary N) is 1. The van der Waals surface area contributed by atoms with E-state index in [1.165, 1.54) is 12.7 Å². The number of methoxy groups -OCH3 is 1. The van der Waals surface area contributed by atoms with Crippen molar-refractivity contribution in [3.63, 3.8) is 0 Å². The molecule has 2 rings (SSSR count). The van der Waals surface area contributed by atoms with Crippen molar-refractivity contribution in [1.82, 2.24) is 5.32 Å². The van der Waals surface area contributed by atoms with E-state index < -0.39 is 0 Å². The summed E-state index contributed by atoms with van der Waals surface area (Å²) in [7, 11) is 1.40.